The number of hydrogen-bond donors (Lipinski definition) is 4. The van der Waals surface area contributed by atoms with Gasteiger partial charge in [-0.2, -0.15) is 0 Å². The van der Waals surface area contributed by atoms with E-state index in [-0.39, 0.29) is 49.0 Å². The van der Waals surface area contributed by atoms with Crippen molar-refractivity contribution in [3.8, 4) is 27.3 Å². The van der Waals surface area contributed by atoms with Gasteiger partial charge in [0.15, 0.2) is 0 Å². The highest BCUT2D eigenvalue weighted by Gasteiger charge is 2.45. The zero-order chi connectivity index (χ0) is 51.3. The monoisotopic (exact) mass is 1010 g/mol. The van der Waals surface area contributed by atoms with E-state index in [1.807, 2.05) is 64.4 Å². The number of alkyl halides is 3. The van der Waals surface area contributed by atoms with Gasteiger partial charge in [-0.1, -0.05) is 63.2 Å². The first-order valence-electron chi connectivity index (χ1n) is 25.3. The maximum absolute atomic E-state index is 14.3. The molecule has 3 aliphatic heterocycles. The number of piperidine rings is 1. The number of aromatic nitrogens is 2. The Bertz CT molecular complexity index is 2630. The molecular formula is C54H70F3N9O5S. The smallest absolute Gasteiger partial charge is 0.406 e. The number of nitrogens with zero attached hydrogens (tertiary/aromatic N) is 6. The van der Waals surface area contributed by atoms with Crippen molar-refractivity contribution in [2.45, 2.75) is 104 Å². The van der Waals surface area contributed by atoms with E-state index in [4.69, 9.17) is 5.73 Å². The molecule has 0 spiro atoms. The molecule has 3 fully saturated rings. The second kappa shape index (κ2) is 22.8. The minimum absolute atomic E-state index is 0.0100. The van der Waals surface area contributed by atoms with Gasteiger partial charge < -0.3 is 40.6 Å². The number of fused-ring (bicyclic) bond motifs is 1. The van der Waals surface area contributed by atoms with Crippen LogP contribution >= 0.6 is 11.3 Å². The fourth-order valence-electron chi connectivity index (χ4n) is 10.5. The average molecular weight is 1010 g/mol. The molecule has 3 aromatic carbocycles. The Hall–Kier alpha value is -5.37. The molecule has 388 valence electrons. The number of carbonyl (C=O) groups excluding carboxylic acids is 3. The Balaban J connectivity index is 0.793. The standard InChI is InChI=1S/C54H70F3N9O5S/c1-35(39-8-10-41(11-9-39)49-36(2)59-34-72-49)60-51(69)47-28-42(67)31-66(47)52(70)50(53(3,4)5)61-48(68)33-64-25-23-63(24-26-64)29-37-17-21-62(22-18-37)30-38-7-16-46-44(27-38)45(32-65(46)20-6-19-58)40-12-14-43(15-13-40)71-54(55,56)57/h7-16,27,32,34-35,37,42,47,50,67H,6,17-26,28-31,33,58H2,1-5H3,(H,60,69)(H,61,68)/t35-,42+,47-,50?/m1/s1. The summed E-state index contributed by atoms with van der Waals surface area (Å²) in [5, 5.41) is 17.9. The van der Waals surface area contributed by atoms with Gasteiger partial charge in [0.05, 0.1) is 34.8 Å². The van der Waals surface area contributed by atoms with Crippen LogP contribution in [0.4, 0.5) is 13.2 Å². The number of aryl methyl sites for hydroxylation is 2. The third kappa shape index (κ3) is 13.2. The Kier molecular flexibility index (Phi) is 16.8. The van der Waals surface area contributed by atoms with Crippen molar-refractivity contribution in [1.82, 2.24) is 39.8 Å². The number of thiazole rings is 1. The summed E-state index contributed by atoms with van der Waals surface area (Å²) in [5.41, 5.74) is 13.9. The van der Waals surface area contributed by atoms with E-state index in [1.54, 1.807) is 23.5 Å². The minimum Gasteiger partial charge on any atom is -0.406 e. The molecule has 8 rings (SSSR count). The number of β-amino-alcohol motifs (C(OH)–C–C–N with tert-alkyl or cyclic N) is 1. The predicted octanol–water partition coefficient (Wildman–Crippen LogP) is 7.19. The number of rotatable bonds is 17. The molecule has 14 nitrogen and oxygen atoms in total. The van der Waals surface area contributed by atoms with E-state index in [2.05, 4.69) is 64.0 Å². The lowest BCUT2D eigenvalue weighted by Gasteiger charge is -2.39. The van der Waals surface area contributed by atoms with Gasteiger partial charge in [0.25, 0.3) is 0 Å². The molecule has 0 aliphatic carbocycles. The van der Waals surface area contributed by atoms with Crippen LogP contribution in [0.25, 0.3) is 32.5 Å². The van der Waals surface area contributed by atoms with Crippen molar-refractivity contribution in [1.29, 1.82) is 0 Å². The van der Waals surface area contributed by atoms with Gasteiger partial charge in [-0.15, -0.1) is 24.5 Å². The quantitative estimate of drug-likeness (QED) is 0.0751. The fraction of sp³-hybridized carbons (Fsp3) is 0.519. The summed E-state index contributed by atoms with van der Waals surface area (Å²) < 4.78 is 44.8. The van der Waals surface area contributed by atoms with Gasteiger partial charge in [0, 0.05) is 81.4 Å². The third-order valence-electron chi connectivity index (χ3n) is 14.5. The Labute approximate surface area is 424 Å². The highest BCUT2D eigenvalue weighted by molar-refractivity contribution is 7.13. The second-order valence-corrected chi connectivity index (χ2v) is 21.8. The van der Waals surface area contributed by atoms with Crippen LogP contribution < -0.4 is 21.1 Å². The van der Waals surface area contributed by atoms with Gasteiger partial charge >= 0.3 is 6.36 Å². The number of aliphatic hydroxyl groups excluding tert-OH is 1. The predicted molar refractivity (Wildman–Crippen MR) is 275 cm³/mol. The molecule has 3 aliphatic rings. The van der Waals surface area contributed by atoms with Crippen LogP contribution in [0.3, 0.4) is 0 Å². The van der Waals surface area contributed by atoms with Crippen molar-refractivity contribution in [3.63, 3.8) is 0 Å². The van der Waals surface area contributed by atoms with E-state index < -0.39 is 30.0 Å². The average Bonchev–Trinajstić information content (AvgIpc) is 4.06. The zero-order valence-electron chi connectivity index (χ0n) is 42.1. The summed E-state index contributed by atoms with van der Waals surface area (Å²) >= 11 is 1.58. The van der Waals surface area contributed by atoms with Gasteiger partial charge in [0.1, 0.15) is 17.8 Å². The molecular weight excluding hydrogens is 944 g/mol. The van der Waals surface area contributed by atoms with E-state index in [0.29, 0.717) is 12.5 Å². The summed E-state index contributed by atoms with van der Waals surface area (Å²) in [6, 6.07) is 18.4. The molecule has 4 atom stereocenters. The molecule has 1 unspecified atom stereocenters. The lowest BCUT2D eigenvalue weighted by molar-refractivity contribution is -0.274. The van der Waals surface area contributed by atoms with Crippen LogP contribution in [0.2, 0.25) is 0 Å². The van der Waals surface area contributed by atoms with Crippen LogP contribution in [0.1, 0.15) is 76.2 Å². The molecule has 0 bridgehead atoms. The number of ether oxygens (including phenoxy) is 1. The largest absolute Gasteiger partial charge is 0.573 e. The molecule has 3 saturated heterocycles. The van der Waals surface area contributed by atoms with E-state index in [9.17, 15) is 32.7 Å². The lowest BCUT2D eigenvalue weighted by Crippen LogP contribution is -2.59. The third-order valence-corrected chi connectivity index (χ3v) is 15.4. The van der Waals surface area contributed by atoms with E-state index in [0.717, 1.165) is 122 Å². The van der Waals surface area contributed by atoms with Gasteiger partial charge in [-0.3, -0.25) is 24.2 Å². The normalized spacial score (nSPS) is 19.7. The van der Waals surface area contributed by atoms with Gasteiger partial charge in [-0.25, -0.2) is 4.98 Å². The Morgan fingerprint density at radius 1 is 0.903 bits per heavy atom. The van der Waals surface area contributed by atoms with Crippen LogP contribution in [0.5, 0.6) is 5.75 Å². The molecule has 18 heteroatoms. The van der Waals surface area contributed by atoms with Crippen molar-refractivity contribution in [2.24, 2.45) is 17.1 Å². The van der Waals surface area contributed by atoms with Gasteiger partial charge in [-0.05, 0) is 111 Å². The van der Waals surface area contributed by atoms with Crippen molar-refractivity contribution in [2.75, 3.05) is 65.4 Å². The number of halogens is 3. The number of aliphatic hydroxyl groups is 1. The molecule has 2 aromatic heterocycles. The Morgan fingerprint density at radius 2 is 1.58 bits per heavy atom. The van der Waals surface area contributed by atoms with Crippen LogP contribution in [-0.2, 0) is 27.5 Å². The van der Waals surface area contributed by atoms with Crippen molar-refractivity contribution in [3.05, 3.63) is 95.3 Å². The summed E-state index contributed by atoms with van der Waals surface area (Å²) in [6.07, 6.45) is -0.471. The fourth-order valence-corrected chi connectivity index (χ4v) is 11.3. The lowest BCUT2D eigenvalue weighted by atomic mass is 9.85. The number of nitrogens with two attached hydrogens (primary N) is 1. The number of nitrogens with one attached hydrogen (secondary N) is 2. The topological polar surface area (TPSA) is 162 Å². The maximum Gasteiger partial charge on any atom is 0.573 e. The number of carbonyl (C=O) groups is 3. The minimum atomic E-state index is -4.75. The molecule has 5 aromatic rings. The molecule has 72 heavy (non-hydrogen) atoms. The van der Waals surface area contributed by atoms with Crippen LogP contribution in [0, 0.1) is 18.3 Å². The molecule has 5 N–H and O–H groups in total. The summed E-state index contributed by atoms with van der Waals surface area (Å²) in [4.78, 5) is 55.7. The summed E-state index contributed by atoms with van der Waals surface area (Å²) in [6.45, 7) is 17.9. The zero-order valence-corrected chi connectivity index (χ0v) is 42.9. The molecule has 5 heterocycles. The summed E-state index contributed by atoms with van der Waals surface area (Å²) in [7, 11) is 0. The van der Waals surface area contributed by atoms with Gasteiger partial charge in [0.2, 0.25) is 17.7 Å². The maximum atomic E-state index is 14.3. The number of likely N-dealkylation sites (tertiary alicyclic amines) is 2. The van der Waals surface area contributed by atoms with Crippen molar-refractivity contribution >= 4 is 40.0 Å². The molecule has 0 saturated carbocycles. The number of piperazine rings is 1. The van der Waals surface area contributed by atoms with Crippen LogP contribution in [0.15, 0.2) is 78.4 Å². The number of benzene rings is 3. The first kappa shape index (κ1) is 52.9. The number of amides is 3. The molecule has 0 radical (unpaired) electrons. The SMILES string of the molecule is Cc1ncsc1-c1ccc([C@@H](C)NC(=O)[C@H]2C[C@H](O)CN2C(=O)C(NC(=O)CN2CCN(CC3CCN(Cc4ccc5c(c4)c(-c4ccc(OC(F)(F)F)cc4)cn5CCCN)CC3)CC2)C(C)(C)C)cc1. The molecule has 3 amide bonds. The Morgan fingerprint density at radius 3 is 2.22 bits per heavy atom. The first-order valence-corrected chi connectivity index (χ1v) is 26.1. The highest BCUT2D eigenvalue weighted by Crippen LogP contribution is 2.35. The van der Waals surface area contributed by atoms with E-state index in [1.165, 1.54) is 22.6 Å². The first-order chi connectivity index (χ1) is 34.3. The number of hydrogen-bond acceptors (Lipinski definition) is 11. The van der Waals surface area contributed by atoms with E-state index >= 15 is 0 Å². The van der Waals surface area contributed by atoms with Crippen molar-refractivity contribution < 1.29 is 37.4 Å². The second-order valence-electron chi connectivity index (χ2n) is 21.0. The summed E-state index contributed by atoms with van der Waals surface area (Å²) in [5.74, 6) is -0.659. The highest BCUT2D eigenvalue weighted by atomic mass is 32.1. The van der Waals surface area contributed by atoms with Crippen LogP contribution in [-0.4, -0.2) is 142 Å².